The molecule has 0 aliphatic rings. The molecule has 1 heterocycles. The van der Waals surface area contributed by atoms with Crippen molar-refractivity contribution in [3.63, 3.8) is 0 Å². The summed E-state index contributed by atoms with van der Waals surface area (Å²) in [5.41, 5.74) is 2.47. The summed E-state index contributed by atoms with van der Waals surface area (Å²) in [7, 11) is 4.02. The number of aromatic amines is 1. The van der Waals surface area contributed by atoms with Crippen LogP contribution in [0.3, 0.4) is 0 Å². The standard InChI is InChI=1S/C18H25N3O2/c1-13-6-4-7-14-12-15(18(23)20-17(13)14)8-9-16(22)19-10-5-11-21(2)3/h4,6-7,12H,5,8-11H2,1-3H3,(H,19,22)(H,20,23). The summed E-state index contributed by atoms with van der Waals surface area (Å²) in [6, 6.07) is 7.81. The number of benzene rings is 1. The first-order valence-corrected chi connectivity index (χ1v) is 8.00. The molecule has 0 saturated carbocycles. The van der Waals surface area contributed by atoms with Crippen LogP contribution in [0.15, 0.2) is 29.1 Å². The maximum Gasteiger partial charge on any atom is 0.251 e. The minimum absolute atomic E-state index is 0.00695. The second kappa shape index (κ2) is 7.92. The smallest absolute Gasteiger partial charge is 0.251 e. The van der Waals surface area contributed by atoms with E-state index in [1.807, 2.05) is 45.3 Å². The molecule has 2 aromatic rings. The number of pyridine rings is 1. The molecule has 0 spiro atoms. The number of rotatable bonds is 7. The van der Waals surface area contributed by atoms with E-state index in [4.69, 9.17) is 0 Å². The van der Waals surface area contributed by atoms with Gasteiger partial charge in [-0.15, -0.1) is 0 Å². The molecule has 2 N–H and O–H groups in total. The summed E-state index contributed by atoms with van der Waals surface area (Å²) in [6.07, 6.45) is 1.72. The molecule has 1 amide bonds. The van der Waals surface area contributed by atoms with E-state index in [1.165, 1.54) is 0 Å². The number of hydrogen-bond donors (Lipinski definition) is 2. The number of nitrogens with one attached hydrogen (secondary N) is 2. The van der Waals surface area contributed by atoms with E-state index in [0.29, 0.717) is 24.9 Å². The average Bonchev–Trinajstić information content (AvgIpc) is 2.50. The molecular formula is C18H25N3O2. The highest BCUT2D eigenvalue weighted by Gasteiger charge is 2.07. The van der Waals surface area contributed by atoms with E-state index in [0.717, 1.165) is 29.4 Å². The fourth-order valence-corrected chi connectivity index (χ4v) is 2.57. The molecule has 2 rings (SSSR count). The van der Waals surface area contributed by atoms with Crippen LogP contribution in [0.25, 0.3) is 10.9 Å². The molecule has 0 atom stereocenters. The molecule has 0 radical (unpaired) electrons. The fraction of sp³-hybridized carbons (Fsp3) is 0.444. The third-order valence-corrected chi connectivity index (χ3v) is 3.89. The zero-order chi connectivity index (χ0) is 16.8. The van der Waals surface area contributed by atoms with Crippen LogP contribution in [0.2, 0.25) is 0 Å². The van der Waals surface area contributed by atoms with E-state index in [9.17, 15) is 9.59 Å². The zero-order valence-corrected chi connectivity index (χ0v) is 14.1. The summed E-state index contributed by atoms with van der Waals surface area (Å²) in [5, 5.41) is 3.90. The number of nitrogens with zero attached hydrogens (tertiary/aromatic N) is 1. The topological polar surface area (TPSA) is 65.2 Å². The van der Waals surface area contributed by atoms with Crippen molar-refractivity contribution in [2.75, 3.05) is 27.2 Å². The number of fused-ring (bicyclic) bond motifs is 1. The number of aryl methyl sites for hydroxylation is 2. The van der Waals surface area contributed by atoms with Gasteiger partial charge < -0.3 is 15.2 Å². The Morgan fingerprint density at radius 1 is 1.30 bits per heavy atom. The third kappa shape index (κ3) is 4.93. The molecule has 1 aromatic heterocycles. The van der Waals surface area contributed by atoms with Gasteiger partial charge in [0.05, 0.1) is 5.52 Å². The van der Waals surface area contributed by atoms with Crippen molar-refractivity contribution in [2.45, 2.75) is 26.2 Å². The minimum atomic E-state index is -0.104. The van der Waals surface area contributed by atoms with Crippen molar-refractivity contribution in [1.29, 1.82) is 0 Å². The molecule has 0 aliphatic heterocycles. The Morgan fingerprint density at radius 2 is 2.09 bits per heavy atom. The lowest BCUT2D eigenvalue weighted by Gasteiger charge is -2.10. The van der Waals surface area contributed by atoms with Crippen molar-refractivity contribution in [1.82, 2.24) is 15.2 Å². The van der Waals surface area contributed by atoms with Crippen molar-refractivity contribution in [2.24, 2.45) is 0 Å². The van der Waals surface area contributed by atoms with Gasteiger partial charge in [-0.2, -0.15) is 0 Å². The first-order valence-electron chi connectivity index (χ1n) is 8.00. The molecule has 1 aromatic carbocycles. The highest BCUT2D eigenvalue weighted by atomic mass is 16.1. The van der Waals surface area contributed by atoms with Gasteiger partial charge in [0.25, 0.3) is 5.56 Å². The Kier molecular flexibility index (Phi) is 5.93. The van der Waals surface area contributed by atoms with Crippen LogP contribution in [-0.2, 0) is 11.2 Å². The minimum Gasteiger partial charge on any atom is -0.356 e. The van der Waals surface area contributed by atoms with Gasteiger partial charge in [-0.3, -0.25) is 9.59 Å². The third-order valence-electron chi connectivity index (χ3n) is 3.89. The number of aromatic nitrogens is 1. The predicted molar refractivity (Wildman–Crippen MR) is 93.8 cm³/mol. The molecule has 23 heavy (non-hydrogen) atoms. The van der Waals surface area contributed by atoms with Crippen molar-refractivity contribution >= 4 is 16.8 Å². The summed E-state index contributed by atoms with van der Waals surface area (Å²) in [4.78, 5) is 29.0. The number of carbonyl (C=O) groups excluding carboxylic acids is 1. The first-order chi connectivity index (χ1) is 11.0. The van der Waals surface area contributed by atoms with Gasteiger partial charge in [0.1, 0.15) is 0 Å². The molecule has 0 bridgehead atoms. The van der Waals surface area contributed by atoms with Gasteiger partial charge in [0.2, 0.25) is 5.91 Å². The molecule has 0 saturated heterocycles. The molecule has 5 nitrogen and oxygen atoms in total. The Bertz CT molecular complexity index is 735. The summed E-state index contributed by atoms with van der Waals surface area (Å²) in [5.74, 6) is -0.00695. The Morgan fingerprint density at radius 3 is 2.83 bits per heavy atom. The number of H-pyrrole nitrogens is 1. The van der Waals surface area contributed by atoms with Crippen LogP contribution in [-0.4, -0.2) is 43.0 Å². The highest BCUT2D eigenvalue weighted by molar-refractivity contribution is 5.82. The van der Waals surface area contributed by atoms with Crippen LogP contribution in [0.4, 0.5) is 0 Å². The molecular weight excluding hydrogens is 290 g/mol. The molecule has 124 valence electrons. The second-order valence-corrected chi connectivity index (χ2v) is 6.17. The van der Waals surface area contributed by atoms with E-state index in [2.05, 4.69) is 15.2 Å². The van der Waals surface area contributed by atoms with Crippen molar-refractivity contribution in [3.05, 3.63) is 45.7 Å². The normalized spacial score (nSPS) is 11.1. The van der Waals surface area contributed by atoms with Crippen molar-refractivity contribution in [3.8, 4) is 0 Å². The molecule has 0 fully saturated rings. The number of hydrogen-bond acceptors (Lipinski definition) is 3. The fourth-order valence-electron chi connectivity index (χ4n) is 2.57. The Balaban J connectivity index is 1.93. The Labute approximate surface area is 136 Å². The lowest BCUT2D eigenvalue weighted by atomic mass is 10.1. The molecule has 0 aliphatic carbocycles. The predicted octanol–water partition coefficient (Wildman–Crippen LogP) is 1.84. The zero-order valence-electron chi connectivity index (χ0n) is 14.1. The average molecular weight is 315 g/mol. The quantitative estimate of drug-likeness (QED) is 0.766. The number of para-hydroxylation sites is 1. The van der Waals surface area contributed by atoms with Gasteiger partial charge in [0, 0.05) is 18.5 Å². The summed E-state index contributed by atoms with van der Waals surface area (Å²) < 4.78 is 0. The summed E-state index contributed by atoms with van der Waals surface area (Å²) in [6.45, 7) is 3.59. The van der Waals surface area contributed by atoms with Gasteiger partial charge in [-0.1, -0.05) is 18.2 Å². The largest absolute Gasteiger partial charge is 0.356 e. The maximum absolute atomic E-state index is 12.1. The number of amides is 1. The highest BCUT2D eigenvalue weighted by Crippen LogP contribution is 2.15. The van der Waals surface area contributed by atoms with E-state index in [1.54, 1.807) is 0 Å². The van der Waals surface area contributed by atoms with Crippen LogP contribution in [0.5, 0.6) is 0 Å². The monoisotopic (exact) mass is 315 g/mol. The maximum atomic E-state index is 12.1. The van der Waals surface area contributed by atoms with E-state index in [-0.39, 0.29) is 11.5 Å². The molecule has 0 unspecified atom stereocenters. The first kappa shape index (κ1) is 17.2. The SMILES string of the molecule is Cc1cccc2cc(CCC(=O)NCCCN(C)C)c(=O)[nH]c12. The second-order valence-electron chi connectivity index (χ2n) is 6.17. The van der Waals surface area contributed by atoms with Gasteiger partial charge in [-0.05, 0) is 57.4 Å². The van der Waals surface area contributed by atoms with Crippen LogP contribution >= 0.6 is 0 Å². The summed E-state index contributed by atoms with van der Waals surface area (Å²) >= 11 is 0. The molecule has 5 heteroatoms. The van der Waals surface area contributed by atoms with E-state index < -0.39 is 0 Å². The number of carbonyl (C=O) groups is 1. The van der Waals surface area contributed by atoms with Crippen LogP contribution in [0, 0.1) is 6.92 Å². The van der Waals surface area contributed by atoms with Gasteiger partial charge >= 0.3 is 0 Å². The van der Waals surface area contributed by atoms with Crippen LogP contribution < -0.4 is 10.9 Å². The lowest BCUT2D eigenvalue weighted by molar-refractivity contribution is -0.121. The van der Waals surface area contributed by atoms with Crippen LogP contribution in [0.1, 0.15) is 24.0 Å². The Hall–Kier alpha value is -2.14. The lowest BCUT2D eigenvalue weighted by Crippen LogP contribution is -2.27. The van der Waals surface area contributed by atoms with Gasteiger partial charge in [-0.25, -0.2) is 0 Å². The van der Waals surface area contributed by atoms with Gasteiger partial charge in [0.15, 0.2) is 0 Å². The van der Waals surface area contributed by atoms with E-state index >= 15 is 0 Å². The van der Waals surface area contributed by atoms with Crippen molar-refractivity contribution < 1.29 is 4.79 Å².